The fourth-order valence-corrected chi connectivity index (χ4v) is 2.92. The van der Waals surface area contributed by atoms with Crippen LogP contribution in [-0.2, 0) is 20.8 Å². The van der Waals surface area contributed by atoms with Gasteiger partial charge >= 0.3 is 17.8 Å². The molecule has 0 aliphatic rings. The van der Waals surface area contributed by atoms with Gasteiger partial charge in [-0.1, -0.05) is 36.4 Å². The van der Waals surface area contributed by atoms with E-state index in [1.54, 1.807) is 36.4 Å². The third kappa shape index (κ3) is 5.05. The van der Waals surface area contributed by atoms with Gasteiger partial charge in [0.15, 0.2) is 0 Å². The number of hydrogen-bond acceptors (Lipinski definition) is 4. The fourth-order valence-electron chi connectivity index (χ4n) is 2.92. The van der Waals surface area contributed by atoms with Crippen LogP contribution in [0.4, 0.5) is 5.69 Å². The molecule has 0 saturated carbocycles. The summed E-state index contributed by atoms with van der Waals surface area (Å²) < 4.78 is 6.56. The van der Waals surface area contributed by atoms with Crippen LogP contribution in [-0.4, -0.2) is 34.7 Å². The molecule has 1 aromatic heterocycles. The summed E-state index contributed by atoms with van der Waals surface area (Å²) in [5.74, 6) is -2.16. The molecule has 0 aliphatic carbocycles. The summed E-state index contributed by atoms with van der Waals surface area (Å²) in [5.41, 5.74) is 5.00. The van der Waals surface area contributed by atoms with Gasteiger partial charge in [-0.25, -0.2) is 0 Å². The predicted molar refractivity (Wildman–Crippen MR) is 112 cm³/mol. The van der Waals surface area contributed by atoms with Crippen LogP contribution in [0.15, 0.2) is 66.7 Å². The first-order chi connectivity index (χ1) is 14.5. The molecule has 154 valence electrons. The van der Waals surface area contributed by atoms with Gasteiger partial charge in [-0.15, -0.1) is 0 Å². The van der Waals surface area contributed by atoms with Crippen molar-refractivity contribution < 1.29 is 24.2 Å². The monoisotopic (exact) mass is 407 g/mol. The normalized spacial score (nSPS) is 10.3. The van der Waals surface area contributed by atoms with E-state index in [-0.39, 0.29) is 12.8 Å². The number of anilines is 1. The second kappa shape index (κ2) is 9.42. The molecule has 0 saturated heterocycles. The molecular formula is C22H21N3O5. The lowest BCUT2D eigenvalue weighted by Crippen LogP contribution is -2.35. The number of rotatable bonds is 7. The van der Waals surface area contributed by atoms with Crippen LogP contribution in [0.1, 0.15) is 12.1 Å². The van der Waals surface area contributed by atoms with Crippen molar-refractivity contribution in [1.82, 2.24) is 4.68 Å². The third-order valence-electron chi connectivity index (χ3n) is 4.37. The maximum absolute atomic E-state index is 12.6. The highest BCUT2D eigenvalue weighted by atomic mass is 16.5. The smallest absolute Gasteiger partial charge is 0.328 e. The molecule has 0 unspecified atom stereocenters. The molecule has 30 heavy (non-hydrogen) atoms. The molecule has 0 atom stereocenters. The molecule has 0 aliphatic heterocycles. The minimum absolute atomic E-state index is 0.107. The average Bonchev–Trinajstić information content (AvgIpc) is 3.15. The standard InChI is InChI=1S/C22H21N3O5/c1-30-18-9-5-8-16(14-18)23-21(28)22(29)24-25-17(11-13-20(26)27)10-12-19(25)15-6-3-2-4-7-15/h2-10,12,14H,11,13H2,1H3,(H,23,28)(H,24,29)(H,26,27). The number of nitrogens with zero attached hydrogens (tertiary/aromatic N) is 1. The number of hydrogen-bond donors (Lipinski definition) is 3. The van der Waals surface area contributed by atoms with Crippen LogP contribution in [0, 0.1) is 0 Å². The van der Waals surface area contributed by atoms with Gasteiger partial charge in [0.1, 0.15) is 5.75 Å². The Balaban J connectivity index is 1.82. The van der Waals surface area contributed by atoms with E-state index < -0.39 is 17.8 Å². The fraction of sp³-hybridized carbons (Fsp3) is 0.136. The Bertz CT molecular complexity index is 1060. The number of aromatic nitrogens is 1. The number of benzene rings is 2. The zero-order chi connectivity index (χ0) is 21.5. The van der Waals surface area contributed by atoms with Crippen LogP contribution in [0.3, 0.4) is 0 Å². The van der Waals surface area contributed by atoms with Gasteiger partial charge in [0.25, 0.3) is 0 Å². The lowest BCUT2D eigenvalue weighted by atomic mass is 10.2. The van der Waals surface area contributed by atoms with E-state index in [2.05, 4.69) is 10.7 Å². The van der Waals surface area contributed by atoms with E-state index >= 15 is 0 Å². The van der Waals surface area contributed by atoms with E-state index in [0.717, 1.165) is 5.56 Å². The Morgan fingerprint density at radius 2 is 1.73 bits per heavy atom. The van der Waals surface area contributed by atoms with Gasteiger partial charge in [0.05, 0.1) is 19.2 Å². The van der Waals surface area contributed by atoms with E-state index in [1.165, 1.54) is 11.8 Å². The lowest BCUT2D eigenvalue weighted by Gasteiger charge is -2.15. The summed E-state index contributed by atoms with van der Waals surface area (Å²) >= 11 is 0. The summed E-state index contributed by atoms with van der Waals surface area (Å²) in [7, 11) is 1.50. The molecule has 2 amide bonds. The van der Waals surface area contributed by atoms with Crippen molar-refractivity contribution in [2.45, 2.75) is 12.8 Å². The molecular weight excluding hydrogens is 386 g/mol. The van der Waals surface area contributed by atoms with E-state index in [1.807, 2.05) is 30.3 Å². The van der Waals surface area contributed by atoms with Crippen LogP contribution in [0.5, 0.6) is 5.75 Å². The number of aliphatic carboxylic acids is 1. The molecule has 1 heterocycles. The highest BCUT2D eigenvalue weighted by molar-refractivity contribution is 6.42. The molecule has 3 aromatic rings. The number of carbonyl (C=O) groups excluding carboxylic acids is 2. The lowest BCUT2D eigenvalue weighted by molar-refractivity contribution is -0.137. The zero-order valence-electron chi connectivity index (χ0n) is 16.3. The molecule has 8 nitrogen and oxygen atoms in total. The number of carboxylic acids is 1. The second-order valence-electron chi connectivity index (χ2n) is 6.43. The maximum atomic E-state index is 12.6. The van der Waals surface area contributed by atoms with Crippen molar-refractivity contribution in [3.63, 3.8) is 0 Å². The van der Waals surface area contributed by atoms with Crippen molar-refractivity contribution in [3.05, 3.63) is 72.4 Å². The van der Waals surface area contributed by atoms with Crippen LogP contribution in [0.2, 0.25) is 0 Å². The average molecular weight is 407 g/mol. The van der Waals surface area contributed by atoms with Crippen molar-refractivity contribution in [3.8, 4) is 17.0 Å². The molecule has 0 fully saturated rings. The number of carboxylic acid groups (broad SMARTS) is 1. The van der Waals surface area contributed by atoms with Crippen LogP contribution >= 0.6 is 0 Å². The van der Waals surface area contributed by atoms with Gasteiger partial charge < -0.3 is 15.2 Å². The summed E-state index contributed by atoms with van der Waals surface area (Å²) in [6.45, 7) is 0. The maximum Gasteiger partial charge on any atom is 0.328 e. The van der Waals surface area contributed by atoms with Crippen molar-refractivity contribution in [1.29, 1.82) is 0 Å². The Kier molecular flexibility index (Phi) is 6.49. The molecule has 0 bridgehead atoms. The summed E-state index contributed by atoms with van der Waals surface area (Å²) in [5, 5.41) is 11.5. The Morgan fingerprint density at radius 1 is 0.967 bits per heavy atom. The van der Waals surface area contributed by atoms with Gasteiger partial charge in [0, 0.05) is 29.4 Å². The summed E-state index contributed by atoms with van der Waals surface area (Å²) in [4.78, 5) is 35.9. The van der Waals surface area contributed by atoms with Crippen molar-refractivity contribution >= 4 is 23.5 Å². The van der Waals surface area contributed by atoms with E-state index in [9.17, 15) is 14.4 Å². The number of amides is 2. The highest BCUT2D eigenvalue weighted by Crippen LogP contribution is 2.22. The number of carbonyl (C=O) groups is 3. The van der Waals surface area contributed by atoms with Gasteiger partial charge in [-0.3, -0.25) is 24.5 Å². The predicted octanol–water partition coefficient (Wildman–Crippen LogP) is 2.89. The Morgan fingerprint density at radius 3 is 2.43 bits per heavy atom. The van der Waals surface area contributed by atoms with Gasteiger partial charge in [-0.2, -0.15) is 0 Å². The zero-order valence-corrected chi connectivity index (χ0v) is 16.3. The number of aryl methyl sites for hydroxylation is 1. The first kappa shape index (κ1) is 20.7. The largest absolute Gasteiger partial charge is 0.497 e. The summed E-state index contributed by atoms with van der Waals surface area (Å²) in [6.07, 6.45) is 0.0874. The number of ether oxygens (including phenoxy) is 1. The number of methoxy groups -OCH3 is 1. The molecule has 2 aromatic carbocycles. The minimum Gasteiger partial charge on any atom is -0.497 e. The number of nitrogens with one attached hydrogen (secondary N) is 2. The molecule has 3 N–H and O–H groups in total. The van der Waals surface area contributed by atoms with Crippen molar-refractivity contribution in [2.24, 2.45) is 0 Å². The first-order valence-corrected chi connectivity index (χ1v) is 9.22. The Labute approximate surface area is 173 Å². The Hall–Kier alpha value is -4.07. The second-order valence-corrected chi connectivity index (χ2v) is 6.43. The van der Waals surface area contributed by atoms with E-state index in [4.69, 9.17) is 9.84 Å². The van der Waals surface area contributed by atoms with Crippen LogP contribution in [0.25, 0.3) is 11.3 Å². The topological polar surface area (TPSA) is 110 Å². The highest BCUT2D eigenvalue weighted by Gasteiger charge is 2.19. The SMILES string of the molecule is COc1cccc(NC(=O)C(=O)Nn2c(CCC(=O)O)ccc2-c2ccccc2)c1. The van der Waals surface area contributed by atoms with Crippen molar-refractivity contribution in [2.75, 3.05) is 17.9 Å². The minimum atomic E-state index is -0.953. The van der Waals surface area contributed by atoms with Crippen LogP contribution < -0.4 is 15.5 Å². The molecule has 0 spiro atoms. The van der Waals surface area contributed by atoms with Gasteiger partial charge in [0.2, 0.25) is 0 Å². The molecule has 8 heteroatoms. The first-order valence-electron chi connectivity index (χ1n) is 9.22. The molecule has 3 rings (SSSR count). The summed E-state index contributed by atoms with van der Waals surface area (Å²) in [6, 6.07) is 19.4. The quantitative estimate of drug-likeness (QED) is 0.522. The van der Waals surface area contributed by atoms with E-state index in [0.29, 0.717) is 22.8 Å². The molecule has 0 radical (unpaired) electrons. The third-order valence-corrected chi connectivity index (χ3v) is 4.37. The van der Waals surface area contributed by atoms with Gasteiger partial charge in [-0.05, 0) is 24.3 Å².